The van der Waals surface area contributed by atoms with Gasteiger partial charge in [0.05, 0.1) is 6.61 Å². The van der Waals surface area contributed by atoms with Crippen LogP contribution in [0.2, 0.25) is 0 Å². The van der Waals surface area contributed by atoms with Gasteiger partial charge in [0.2, 0.25) is 0 Å². The van der Waals surface area contributed by atoms with Crippen LogP contribution in [0.25, 0.3) is 0 Å². The van der Waals surface area contributed by atoms with E-state index in [1.54, 1.807) is 6.92 Å². The number of esters is 1. The van der Waals surface area contributed by atoms with Crippen LogP contribution in [-0.4, -0.2) is 24.8 Å². The molecule has 2 unspecified atom stereocenters. The van der Waals surface area contributed by atoms with Crippen molar-refractivity contribution in [3.8, 4) is 17.6 Å². The SMILES string of the molecule is CCOC(=O)C1NNNC1Oc1cccc(C#CCC(C)(C)C)c1. The Kier molecular flexibility index (Phi) is 6.21. The average molecular weight is 331 g/mol. The lowest BCUT2D eigenvalue weighted by Gasteiger charge is -2.18. The summed E-state index contributed by atoms with van der Waals surface area (Å²) in [5.41, 5.74) is 9.40. The summed E-state index contributed by atoms with van der Waals surface area (Å²) in [5.74, 6) is 6.59. The van der Waals surface area contributed by atoms with Crippen molar-refractivity contribution in [3.63, 3.8) is 0 Å². The van der Waals surface area contributed by atoms with Gasteiger partial charge in [-0.25, -0.2) is 10.9 Å². The molecule has 130 valence electrons. The molecule has 0 aliphatic carbocycles. The van der Waals surface area contributed by atoms with E-state index in [1.807, 2.05) is 24.3 Å². The molecule has 1 aliphatic heterocycles. The fraction of sp³-hybridized carbons (Fsp3) is 0.500. The summed E-state index contributed by atoms with van der Waals surface area (Å²) in [6, 6.07) is 6.88. The van der Waals surface area contributed by atoms with Gasteiger partial charge < -0.3 is 9.47 Å². The van der Waals surface area contributed by atoms with Gasteiger partial charge in [0, 0.05) is 12.0 Å². The van der Waals surface area contributed by atoms with Crippen molar-refractivity contribution in [3.05, 3.63) is 29.8 Å². The molecular weight excluding hydrogens is 306 g/mol. The average Bonchev–Trinajstić information content (AvgIpc) is 2.95. The van der Waals surface area contributed by atoms with E-state index < -0.39 is 12.3 Å². The fourth-order valence-electron chi connectivity index (χ4n) is 2.07. The van der Waals surface area contributed by atoms with Crippen LogP contribution in [0.5, 0.6) is 5.75 Å². The highest BCUT2D eigenvalue weighted by molar-refractivity contribution is 5.76. The van der Waals surface area contributed by atoms with Crippen molar-refractivity contribution < 1.29 is 14.3 Å². The molecule has 6 heteroatoms. The molecule has 6 nitrogen and oxygen atoms in total. The van der Waals surface area contributed by atoms with E-state index in [0.29, 0.717) is 12.4 Å². The number of hydrazine groups is 2. The second kappa shape index (κ2) is 8.15. The zero-order valence-electron chi connectivity index (χ0n) is 14.6. The van der Waals surface area contributed by atoms with E-state index in [9.17, 15) is 4.79 Å². The third-order valence-electron chi connectivity index (χ3n) is 3.23. The highest BCUT2D eigenvalue weighted by atomic mass is 16.5. The summed E-state index contributed by atoms with van der Waals surface area (Å²) in [4.78, 5) is 11.9. The van der Waals surface area contributed by atoms with Crippen molar-refractivity contribution in [2.24, 2.45) is 5.41 Å². The summed E-state index contributed by atoms with van der Waals surface area (Å²) < 4.78 is 10.9. The van der Waals surface area contributed by atoms with E-state index >= 15 is 0 Å². The van der Waals surface area contributed by atoms with Gasteiger partial charge in [0.25, 0.3) is 0 Å². The molecule has 1 fully saturated rings. The monoisotopic (exact) mass is 331 g/mol. The molecule has 1 saturated heterocycles. The number of hydrogen-bond donors (Lipinski definition) is 3. The first-order valence-electron chi connectivity index (χ1n) is 8.07. The van der Waals surface area contributed by atoms with Crippen LogP contribution in [0.3, 0.4) is 0 Å². The predicted octanol–water partition coefficient (Wildman–Crippen LogP) is 1.72. The number of carbonyl (C=O) groups excluding carboxylic acids is 1. The molecule has 1 aromatic carbocycles. The van der Waals surface area contributed by atoms with Gasteiger partial charge in [-0.3, -0.25) is 4.79 Å². The molecule has 0 radical (unpaired) electrons. The molecule has 0 aromatic heterocycles. The lowest BCUT2D eigenvalue weighted by molar-refractivity contribution is -0.147. The van der Waals surface area contributed by atoms with Gasteiger partial charge in [-0.15, -0.1) is 0 Å². The lowest BCUT2D eigenvalue weighted by Crippen LogP contribution is -2.45. The molecule has 24 heavy (non-hydrogen) atoms. The minimum Gasteiger partial charge on any atom is -0.472 e. The number of carbonyl (C=O) groups is 1. The number of hydrogen-bond acceptors (Lipinski definition) is 6. The van der Waals surface area contributed by atoms with E-state index in [0.717, 1.165) is 12.0 Å². The van der Waals surface area contributed by atoms with Crippen LogP contribution in [0.4, 0.5) is 0 Å². The van der Waals surface area contributed by atoms with Gasteiger partial charge in [-0.1, -0.05) is 38.7 Å². The number of rotatable bonds is 4. The van der Waals surface area contributed by atoms with Crippen molar-refractivity contribution in [2.45, 2.75) is 46.4 Å². The van der Waals surface area contributed by atoms with Crippen LogP contribution < -0.4 is 21.1 Å². The normalized spacial score (nSPS) is 20.2. The zero-order chi connectivity index (χ0) is 17.6. The Morgan fingerprint density at radius 1 is 1.29 bits per heavy atom. The maximum Gasteiger partial charge on any atom is 0.329 e. The van der Waals surface area contributed by atoms with E-state index in [-0.39, 0.29) is 11.4 Å². The number of nitrogens with one attached hydrogen (secondary N) is 3. The van der Waals surface area contributed by atoms with Gasteiger partial charge in [-0.2, -0.15) is 5.53 Å². The number of benzene rings is 1. The summed E-state index contributed by atoms with van der Waals surface area (Å²) in [6.45, 7) is 8.55. The van der Waals surface area contributed by atoms with Crippen LogP contribution in [0, 0.1) is 17.3 Å². The summed E-state index contributed by atoms with van der Waals surface area (Å²) in [7, 11) is 0. The molecule has 0 bridgehead atoms. The first-order chi connectivity index (χ1) is 11.4. The van der Waals surface area contributed by atoms with Crippen molar-refractivity contribution in [1.29, 1.82) is 0 Å². The largest absolute Gasteiger partial charge is 0.472 e. The first kappa shape index (κ1) is 18.3. The molecule has 0 amide bonds. The third kappa shape index (κ3) is 5.53. The molecule has 1 aromatic rings. The standard InChI is InChI=1S/C18H25N3O3/c1-5-23-17(22)15-16(20-21-19-15)24-14-10-6-8-13(12-14)9-7-11-18(2,3)4/h6,8,10,12,15-16,19-21H,5,11H2,1-4H3. The lowest BCUT2D eigenvalue weighted by atomic mass is 9.93. The molecule has 1 heterocycles. The van der Waals surface area contributed by atoms with Crippen LogP contribution in [-0.2, 0) is 9.53 Å². The Bertz CT molecular complexity index is 628. The molecular formula is C18H25N3O3. The predicted molar refractivity (Wildman–Crippen MR) is 91.6 cm³/mol. The van der Waals surface area contributed by atoms with Crippen molar-refractivity contribution in [1.82, 2.24) is 16.4 Å². The molecule has 0 spiro atoms. The molecule has 3 N–H and O–H groups in total. The van der Waals surface area contributed by atoms with E-state index in [1.165, 1.54) is 0 Å². The minimum atomic E-state index is -0.624. The fourth-order valence-corrected chi connectivity index (χ4v) is 2.07. The molecule has 2 rings (SSSR count). The second-order valence-corrected chi connectivity index (χ2v) is 6.75. The van der Waals surface area contributed by atoms with Gasteiger partial charge in [-0.05, 0) is 30.5 Å². The van der Waals surface area contributed by atoms with E-state index in [4.69, 9.17) is 9.47 Å². The highest BCUT2D eigenvalue weighted by Crippen LogP contribution is 2.18. The quantitative estimate of drug-likeness (QED) is 0.576. The summed E-state index contributed by atoms with van der Waals surface area (Å²) in [6.07, 6.45) is 0.253. The van der Waals surface area contributed by atoms with Gasteiger partial charge in [0.15, 0.2) is 12.3 Å². The number of ether oxygens (including phenoxy) is 2. The Labute approximate surface area is 143 Å². The summed E-state index contributed by atoms with van der Waals surface area (Å²) in [5, 5.41) is 0. The van der Waals surface area contributed by atoms with Crippen LogP contribution in [0.15, 0.2) is 24.3 Å². The van der Waals surface area contributed by atoms with Crippen LogP contribution in [0.1, 0.15) is 39.7 Å². The Hall–Kier alpha value is -2.07. The Morgan fingerprint density at radius 3 is 2.79 bits per heavy atom. The molecule has 0 saturated carbocycles. The maximum absolute atomic E-state index is 11.9. The third-order valence-corrected chi connectivity index (χ3v) is 3.23. The molecule has 2 atom stereocenters. The van der Waals surface area contributed by atoms with Crippen molar-refractivity contribution in [2.75, 3.05) is 6.61 Å². The Balaban J connectivity index is 2.02. The Morgan fingerprint density at radius 2 is 2.08 bits per heavy atom. The first-order valence-corrected chi connectivity index (χ1v) is 8.07. The summed E-state index contributed by atoms with van der Waals surface area (Å²) >= 11 is 0. The van der Waals surface area contributed by atoms with E-state index in [2.05, 4.69) is 49.0 Å². The van der Waals surface area contributed by atoms with Crippen LogP contribution >= 0.6 is 0 Å². The topological polar surface area (TPSA) is 71.6 Å². The maximum atomic E-state index is 11.9. The minimum absolute atomic E-state index is 0.180. The highest BCUT2D eigenvalue weighted by Gasteiger charge is 2.35. The molecule has 1 aliphatic rings. The van der Waals surface area contributed by atoms with Gasteiger partial charge >= 0.3 is 5.97 Å². The zero-order valence-corrected chi connectivity index (χ0v) is 14.6. The smallest absolute Gasteiger partial charge is 0.329 e. The van der Waals surface area contributed by atoms with Crippen molar-refractivity contribution >= 4 is 5.97 Å². The van der Waals surface area contributed by atoms with Gasteiger partial charge in [0.1, 0.15) is 5.75 Å². The second-order valence-electron chi connectivity index (χ2n) is 6.75.